The van der Waals surface area contributed by atoms with Crippen molar-refractivity contribution in [3.05, 3.63) is 34.9 Å². The summed E-state index contributed by atoms with van der Waals surface area (Å²) in [4.78, 5) is 11.3. The Kier molecular flexibility index (Phi) is 4.89. The standard InChI is InChI=1S/C12H11ClO2/c1-2-7-15-9-12(14)8-10-3-5-11(13)6-4-10/h1,3-6H,7-9H2. The lowest BCUT2D eigenvalue weighted by atomic mass is 10.1. The van der Waals surface area contributed by atoms with Gasteiger partial charge in [-0.05, 0) is 17.7 Å². The number of Topliss-reactive ketones (excluding diaryl/α,β-unsaturated/α-hetero) is 1. The molecule has 0 radical (unpaired) electrons. The Bertz CT molecular complexity index is 362. The molecule has 0 amide bonds. The molecule has 3 heteroatoms. The highest BCUT2D eigenvalue weighted by molar-refractivity contribution is 6.30. The van der Waals surface area contributed by atoms with Crippen LogP contribution < -0.4 is 0 Å². The number of terminal acetylenes is 1. The second kappa shape index (κ2) is 6.23. The second-order valence-electron chi connectivity index (χ2n) is 3.04. The molecule has 0 saturated carbocycles. The third-order valence-electron chi connectivity index (χ3n) is 1.76. The third kappa shape index (κ3) is 4.64. The van der Waals surface area contributed by atoms with E-state index in [9.17, 15) is 4.79 Å². The molecule has 1 rings (SSSR count). The lowest BCUT2D eigenvalue weighted by Gasteiger charge is -2.01. The van der Waals surface area contributed by atoms with Gasteiger partial charge in [-0.2, -0.15) is 0 Å². The van der Waals surface area contributed by atoms with Gasteiger partial charge in [-0.3, -0.25) is 4.79 Å². The Morgan fingerprint density at radius 1 is 1.40 bits per heavy atom. The van der Waals surface area contributed by atoms with Crippen LogP contribution in [-0.2, 0) is 16.0 Å². The highest BCUT2D eigenvalue weighted by Crippen LogP contribution is 2.10. The molecule has 0 aromatic heterocycles. The highest BCUT2D eigenvalue weighted by atomic mass is 35.5. The number of ketones is 1. The summed E-state index contributed by atoms with van der Waals surface area (Å²) in [6, 6.07) is 7.15. The van der Waals surface area contributed by atoms with Crippen LogP contribution in [0.4, 0.5) is 0 Å². The van der Waals surface area contributed by atoms with E-state index in [4.69, 9.17) is 22.8 Å². The molecule has 0 unspecified atom stereocenters. The minimum atomic E-state index is 0.00701. The van der Waals surface area contributed by atoms with Crippen molar-refractivity contribution in [2.45, 2.75) is 6.42 Å². The van der Waals surface area contributed by atoms with Gasteiger partial charge >= 0.3 is 0 Å². The summed E-state index contributed by atoms with van der Waals surface area (Å²) in [6.45, 7) is 0.235. The number of rotatable bonds is 5. The number of carbonyl (C=O) groups excluding carboxylic acids is 1. The van der Waals surface area contributed by atoms with Gasteiger partial charge in [-0.1, -0.05) is 29.7 Å². The maximum atomic E-state index is 11.3. The van der Waals surface area contributed by atoms with E-state index in [1.54, 1.807) is 12.1 Å². The average molecular weight is 223 g/mol. The van der Waals surface area contributed by atoms with E-state index in [2.05, 4.69) is 5.92 Å². The maximum Gasteiger partial charge on any atom is 0.162 e. The van der Waals surface area contributed by atoms with Crippen LogP contribution in [0, 0.1) is 12.3 Å². The topological polar surface area (TPSA) is 26.3 Å². The molecule has 0 aliphatic heterocycles. The largest absolute Gasteiger partial charge is 0.361 e. The smallest absolute Gasteiger partial charge is 0.162 e. The van der Waals surface area contributed by atoms with E-state index in [1.165, 1.54) is 0 Å². The zero-order valence-electron chi connectivity index (χ0n) is 8.20. The molecule has 0 aliphatic carbocycles. The summed E-state index contributed by atoms with van der Waals surface area (Å²) < 4.78 is 4.93. The second-order valence-corrected chi connectivity index (χ2v) is 3.48. The predicted octanol–water partition coefficient (Wildman–Crippen LogP) is 2.10. The summed E-state index contributed by atoms with van der Waals surface area (Å²) in [6.07, 6.45) is 5.33. The van der Waals surface area contributed by atoms with Gasteiger partial charge < -0.3 is 4.74 Å². The van der Waals surface area contributed by atoms with Crippen molar-refractivity contribution in [1.29, 1.82) is 0 Å². The summed E-state index contributed by atoms with van der Waals surface area (Å²) in [5.41, 5.74) is 0.925. The molecule has 0 aliphatic rings. The van der Waals surface area contributed by atoms with Gasteiger partial charge in [0.1, 0.15) is 13.2 Å². The molecule has 0 N–H and O–H groups in total. The summed E-state index contributed by atoms with van der Waals surface area (Å²) in [5, 5.41) is 0.662. The van der Waals surface area contributed by atoms with Crippen LogP contribution in [0.25, 0.3) is 0 Å². The van der Waals surface area contributed by atoms with Crippen molar-refractivity contribution in [3.8, 4) is 12.3 Å². The van der Waals surface area contributed by atoms with Crippen molar-refractivity contribution in [2.24, 2.45) is 0 Å². The molecule has 2 nitrogen and oxygen atoms in total. The molecule has 1 aromatic carbocycles. The Hall–Kier alpha value is -1.30. The molecule has 15 heavy (non-hydrogen) atoms. The van der Waals surface area contributed by atoms with Crippen LogP contribution >= 0.6 is 11.6 Å². The molecule has 0 fully saturated rings. The number of benzene rings is 1. The van der Waals surface area contributed by atoms with Crippen molar-refractivity contribution < 1.29 is 9.53 Å². The van der Waals surface area contributed by atoms with Gasteiger partial charge in [0, 0.05) is 11.4 Å². The molecule has 0 heterocycles. The van der Waals surface area contributed by atoms with Gasteiger partial charge in [-0.25, -0.2) is 0 Å². The van der Waals surface area contributed by atoms with E-state index >= 15 is 0 Å². The quantitative estimate of drug-likeness (QED) is 0.564. The molecule has 78 valence electrons. The zero-order valence-corrected chi connectivity index (χ0v) is 8.96. The van der Waals surface area contributed by atoms with Crippen LogP contribution in [0.1, 0.15) is 5.56 Å². The Morgan fingerprint density at radius 2 is 2.07 bits per heavy atom. The number of carbonyl (C=O) groups is 1. The van der Waals surface area contributed by atoms with Crippen molar-refractivity contribution in [3.63, 3.8) is 0 Å². The van der Waals surface area contributed by atoms with Crippen LogP contribution in [-0.4, -0.2) is 19.0 Å². The van der Waals surface area contributed by atoms with Crippen LogP contribution in [0.3, 0.4) is 0 Å². The Morgan fingerprint density at radius 3 is 2.67 bits per heavy atom. The SMILES string of the molecule is C#CCOCC(=O)Cc1ccc(Cl)cc1. The minimum absolute atomic E-state index is 0.00701. The third-order valence-corrected chi connectivity index (χ3v) is 2.01. The molecule has 0 spiro atoms. The number of hydrogen-bond acceptors (Lipinski definition) is 2. The van der Waals surface area contributed by atoms with Gasteiger partial charge in [0.15, 0.2) is 5.78 Å². The Labute approximate surface area is 94.2 Å². The summed E-state index contributed by atoms with van der Waals surface area (Å²) in [5.74, 6) is 2.31. The highest BCUT2D eigenvalue weighted by Gasteiger charge is 2.03. The number of halogens is 1. The van der Waals surface area contributed by atoms with Crippen molar-refractivity contribution >= 4 is 17.4 Å². The first kappa shape index (κ1) is 11.8. The predicted molar refractivity (Wildman–Crippen MR) is 59.8 cm³/mol. The summed E-state index contributed by atoms with van der Waals surface area (Å²) in [7, 11) is 0. The lowest BCUT2D eigenvalue weighted by molar-refractivity contribution is -0.122. The number of hydrogen-bond donors (Lipinski definition) is 0. The molecule has 0 atom stereocenters. The van der Waals surface area contributed by atoms with Crippen LogP contribution in [0.5, 0.6) is 0 Å². The summed E-state index contributed by atoms with van der Waals surface area (Å²) >= 11 is 5.72. The normalized spacial score (nSPS) is 9.60. The fraction of sp³-hybridized carbons (Fsp3) is 0.250. The average Bonchev–Trinajstić information content (AvgIpc) is 2.22. The maximum absolute atomic E-state index is 11.3. The van der Waals surface area contributed by atoms with E-state index in [-0.39, 0.29) is 19.0 Å². The monoisotopic (exact) mass is 222 g/mol. The molecular weight excluding hydrogens is 212 g/mol. The first-order valence-corrected chi connectivity index (χ1v) is 4.87. The van der Waals surface area contributed by atoms with E-state index < -0.39 is 0 Å². The Balaban J connectivity index is 2.38. The van der Waals surface area contributed by atoms with Crippen molar-refractivity contribution in [2.75, 3.05) is 13.2 Å². The van der Waals surface area contributed by atoms with Crippen molar-refractivity contribution in [1.82, 2.24) is 0 Å². The molecule has 0 bridgehead atoms. The fourth-order valence-electron chi connectivity index (χ4n) is 1.10. The number of ether oxygens (including phenoxy) is 1. The van der Waals surface area contributed by atoms with E-state index in [0.717, 1.165) is 5.56 Å². The van der Waals surface area contributed by atoms with Crippen LogP contribution in [0.2, 0.25) is 5.02 Å². The van der Waals surface area contributed by atoms with E-state index in [1.807, 2.05) is 12.1 Å². The van der Waals surface area contributed by atoms with Gasteiger partial charge in [0.05, 0.1) is 0 Å². The first-order chi connectivity index (χ1) is 7.22. The first-order valence-electron chi connectivity index (χ1n) is 4.49. The minimum Gasteiger partial charge on any atom is -0.361 e. The fourth-order valence-corrected chi connectivity index (χ4v) is 1.23. The zero-order chi connectivity index (χ0) is 11.1. The molecular formula is C12H11ClO2. The molecule has 1 aromatic rings. The van der Waals surface area contributed by atoms with Crippen LogP contribution in [0.15, 0.2) is 24.3 Å². The van der Waals surface area contributed by atoms with E-state index in [0.29, 0.717) is 11.4 Å². The van der Waals surface area contributed by atoms with Gasteiger partial charge in [0.2, 0.25) is 0 Å². The van der Waals surface area contributed by atoms with Gasteiger partial charge in [-0.15, -0.1) is 6.42 Å². The van der Waals surface area contributed by atoms with Gasteiger partial charge in [0.25, 0.3) is 0 Å². The molecule has 0 saturated heterocycles. The lowest BCUT2D eigenvalue weighted by Crippen LogP contribution is -2.11.